The summed E-state index contributed by atoms with van der Waals surface area (Å²) in [7, 11) is 0. The Bertz CT molecular complexity index is 1010. The lowest BCUT2D eigenvalue weighted by molar-refractivity contribution is 1.11. The monoisotopic (exact) mass is 416 g/mol. The number of rotatable bonds is 4. The Hall–Kier alpha value is -1.78. The Morgan fingerprint density at radius 1 is 0.520 bits per heavy atom. The third-order valence-electron chi connectivity index (χ3n) is 3.34. The van der Waals surface area contributed by atoms with Gasteiger partial charge in [0.2, 0.25) is 0 Å². The topological polar surface area (TPSA) is 51.6 Å². The van der Waals surface area contributed by atoms with Crippen LogP contribution in [0.25, 0.3) is 39.5 Å². The van der Waals surface area contributed by atoms with Gasteiger partial charge in [-0.15, -0.1) is 55.5 Å². The lowest BCUT2D eigenvalue weighted by Crippen LogP contribution is -1.71. The van der Waals surface area contributed by atoms with Crippen LogP contribution in [0.3, 0.4) is 0 Å². The van der Waals surface area contributed by atoms with Crippen LogP contribution in [-0.2, 0) is 0 Å². The molecule has 0 spiro atoms. The molecule has 0 unspecified atom stereocenters. The quantitative estimate of drug-likeness (QED) is 0.348. The fraction of sp³-hybridized carbons (Fsp3) is 0. The highest BCUT2D eigenvalue weighted by Gasteiger charge is 2.14. The molecule has 0 saturated heterocycles. The van der Waals surface area contributed by atoms with Gasteiger partial charge in [-0.3, -0.25) is 0 Å². The highest BCUT2D eigenvalue weighted by atomic mass is 32.1. The van der Waals surface area contributed by atoms with Crippen LogP contribution in [0, 0.1) is 0 Å². The maximum Gasteiger partial charge on any atom is 0.158 e. The standard InChI is InChI=1S/C16H8N4S5/c1-3-11(23-9(1)13-17-5-7-21-13)15-19-20-16(25-15)12-4-2-10(24-12)14-18-6-8-22-14/h1-8H. The average Bonchev–Trinajstić information content (AvgIpc) is 3.48. The smallest absolute Gasteiger partial charge is 0.158 e. The van der Waals surface area contributed by atoms with Crippen LogP contribution in [0.2, 0.25) is 0 Å². The summed E-state index contributed by atoms with van der Waals surface area (Å²) >= 11 is 8.34. The molecule has 5 aromatic heterocycles. The number of thiophene rings is 2. The van der Waals surface area contributed by atoms with Gasteiger partial charge in [0.1, 0.15) is 10.0 Å². The minimum absolute atomic E-state index is 0.951. The van der Waals surface area contributed by atoms with Crippen LogP contribution >= 0.6 is 56.7 Å². The molecule has 0 radical (unpaired) electrons. The van der Waals surface area contributed by atoms with Crippen LogP contribution in [-0.4, -0.2) is 20.2 Å². The molecule has 25 heavy (non-hydrogen) atoms. The second kappa shape index (κ2) is 6.50. The first-order valence-corrected chi connectivity index (χ1v) is 11.4. The lowest BCUT2D eigenvalue weighted by atomic mass is 10.4. The van der Waals surface area contributed by atoms with Crippen molar-refractivity contribution in [2.45, 2.75) is 0 Å². The normalized spacial score (nSPS) is 11.2. The van der Waals surface area contributed by atoms with Gasteiger partial charge in [-0.25, -0.2) is 9.97 Å². The van der Waals surface area contributed by atoms with Gasteiger partial charge in [-0.05, 0) is 24.3 Å². The van der Waals surface area contributed by atoms with E-state index in [2.05, 4.69) is 44.4 Å². The molecule has 5 aromatic rings. The minimum atomic E-state index is 0.951. The molecule has 4 nitrogen and oxygen atoms in total. The summed E-state index contributed by atoms with van der Waals surface area (Å²) < 4.78 is 0. The first kappa shape index (κ1) is 15.5. The van der Waals surface area contributed by atoms with Gasteiger partial charge in [-0.1, -0.05) is 11.3 Å². The fourth-order valence-electron chi connectivity index (χ4n) is 2.25. The Morgan fingerprint density at radius 3 is 1.36 bits per heavy atom. The second-order valence-corrected chi connectivity index (χ2v) is 9.85. The molecule has 122 valence electrons. The van der Waals surface area contributed by atoms with E-state index in [9.17, 15) is 0 Å². The van der Waals surface area contributed by atoms with Crippen LogP contribution in [0.1, 0.15) is 0 Å². The number of aromatic nitrogens is 4. The van der Waals surface area contributed by atoms with Crippen LogP contribution < -0.4 is 0 Å². The zero-order valence-electron chi connectivity index (χ0n) is 12.4. The van der Waals surface area contributed by atoms with E-state index in [1.54, 1.807) is 56.7 Å². The highest BCUT2D eigenvalue weighted by molar-refractivity contribution is 7.28. The molecule has 0 aliphatic heterocycles. The second-order valence-electron chi connectivity index (χ2n) is 4.91. The molecule has 0 aliphatic rings. The molecule has 0 saturated carbocycles. The number of nitrogens with zero attached hydrogens (tertiary/aromatic N) is 4. The number of hydrogen-bond acceptors (Lipinski definition) is 9. The largest absolute Gasteiger partial charge is 0.244 e. The minimum Gasteiger partial charge on any atom is -0.244 e. The summed E-state index contributed by atoms with van der Waals surface area (Å²) in [6.07, 6.45) is 3.67. The van der Waals surface area contributed by atoms with Gasteiger partial charge in [-0.2, -0.15) is 0 Å². The van der Waals surface area contributed by atoms with E-state index in [4.69, 9.17) is 0 Å². The Balaban J connectivity index is 1.44. The molecule has 0 amide bonds. The zero-order valence-corrected chi connectivity index (χ0v) is 16.5. The van der Waals surface area contributed by atoms with Crippen molar-refractivity contribution in [3.8, 4) is 39.5 Å². The third-order valence-corrected chi connectivity index (χ3v) is 8.66. The molecule has 0 atom stereocenters. The molecule has 9 heteroatoms. The van der Waals surface area contributed by atoms with Crippen molar-refractivity contribution in [3.63, 3.8) is 0 Å². The third kappa shape index (κ3) is 2.98. The van der Waals surface area contributed by atoms with Crippen LogP contribution in [0.15, 0.2) is 47.4 Å². The van der Waals surface area contributed by atoms with Crippen molar-refractivity contribution >= 4 is 56.7 Å². The summed E-state index contributed by atoms with van der Waals surface area (Å²) in [5.74, 6) is 0. The maximum absolute atomic E-state index is 4.39. The maximum atomic E-state index is 4.39. The predicted octanol–water partition coefficient (Wildman–Crippen LogP) is 6.24. The fourth-order valence-corrected chi connectivity index (χ4v) is 6.64. The zero-order chi connectivity index (χ0) is 16.6. The van der Waals surface area contributed by atoms with Crippen molar-refractivity contribution in [1.29, 1.82) is 0 Å². The predicted molar refractivity (Wildman–Crippen MR) is 109 cm³/mol. The van der Waals surface area contributed by atoms with E-state index >= 15 is 0 Å². The van der Waals surface area contributed by atoms with Crippen LogP contribution in [0.5, 0.6) is 0 Å². The average molecular weight is 417 g/mol. The first-order chi connectivity index (χ1) is 12.4. The number of hydrogen-bond donors (Lipinski definition) is 0. The summed E-state index contributed by atoms with van der Waals surface area (Å²) in [6, 6.07) is 8.40. The van der Waals surface area contributed by atoms with Gasteiger partial charge in [0.05, 0.1) is 19.5 Å². The van der Waals surface area contributed by atoms with Crippen molar-refractivity contribution in [2.24, 2.45) is 0 Å². The van der Waals surface area contributed by atoms with Crippen molar-refractivity contribution in [3.05, 3.63) is 47.4 Å². The van der Waals surface area contributed by atoms with E-state index in [1.165, 1.54) is 9.75 Å². The van der Waals surface area contributed by atoms with E-state index in [0.29, 0.717) is 0 Å². The van der Waals surface area contributed by atoms with E-state index in [0.717, 1.165) is 29.8 Å². The Kier molecular flexibility index (Phi) is 4.03. The SMILES string of the molecule is c1csc(-c2ccc(-c3nnc(-c4ccc(-c5nccs5)s4)s3)s2)n1. The molecular formula is C16H8N4S5. The van der Waals surface area contributed by atoms with Crippen molar-refractivity contribution in [1.82, 2.24) is 20.2 Å². The lowest BCUT2D eigenvalue weighted by Gasteiger charge is -1.88. The van der Waals surface area contributed by atoms with E-state index in [-0.39, 0.29) is 0 Å². The molecule has 5 rings (SSSR count). The highest BCUT2D eigenvalue weighted by Crippen LogP contribution is 2.40. The van der Waals surface area contributed by atoms with Gasteiger partial charge in [0, 0.05) is 23.2 Å². The Labute approximate surface area is 163 Å². The molecule has 0 aliphatic carbocycles. The molecule has 0 bridgehead atoms. The van der Waals surface area contributed by atoms with Crippen molar-refractivity contribution in [2.75, 3.05) is 0 Å². The molecular weight excluding hydrogens is 409 g/mol. The summed E-state index contributed by atoms with van der Waals surface area (Å²) in [6.45, 7) is 0. The van der Waals surface area contributed by atoms with E-state index in [1.807, 2.05) is 23.2 Å². The van der Waals surface area contributed by atoms with Crippen molar-refractivity contribution < 1.29 is 0 Å². The van der Waals surface area contributed by atoms with Gasteiger partial charge in [0.25, 0.3) is 0 Å². The number of thiazole rings is 2. The van der Waals surface area contributed by atoms with Gasteiger partial charge >= 0.3 is 0 Å². The van der Waals surface area contributed by atoms with Gasteiger partial charge < -0.3 is 0 Å². The van der Waals surface area contributed by atoms with E-state index < -0.39 is 0 Å². The summed E-state index contributed by atoms with van der Waals surface area (Å²) in [5.41, 5.74) is 0. The molecule has 0 fully saturated rings. The molecule has 5 heterocycles. The summed E-state index contributed by atoms with van der Waals surface area (Å²) in [4.78, 5) is 13.3. The molecule has 0 aromatic carbocycles. The van der Waals surface area contributed by atoms with Crippen LogP contribution in [0.4, 0.5) is 0 Å². The molecule has 0 N–H and O–H groups in total. The first-order valence-electron chi connectivity index (χ1n) is 7.20. The Morgan fingerprint density at radius 2 is 0.960 bits per heavy atom. The summed E-state index contributed by atoms with van der Waals surface area (Å²) in [5, 5.41) is 16.8. The van der Waals surface area contributed by atoms with Gasteiger partial charge in [0.15, 0.2) is 10.0 Å².